The summed E-state index contributed by atoms with van der Waals surface area (Å²) in [5.74, 6) is 0.0458. The number of hydrogen-bond acceptors (Lipinski definition) is 3. The Labute approximate surface area is 124 Å². The summed E-state index contributed by atoms with van der Waals surface area (Å²) in [7, 11) is 0. The molecule has 2 saturated heterocycles. The van der Waals surface area contributed by atoms with E-state index >= 15 is 0 Å². The van der Waals surface area contributed by atoms with Crippen molar-refractivity contribution in [3.8, 4) is 0 Å². The Kier molecular flexibility index (Phi) is 4.20. The van der Waals surface area contributed by atoms with Crippen molar-refractivity contribution < 1.29 is 14.3 Å². The summed E-state index contributed by atoms with van der Waals surface area (Å²) in [6, 6.07) is 7.46. The van der Waals surface area contributed by atoms with Crippen LogP contribution in [-0.4, -0.2) is 42.5 Å². The maximum atomic E-state index is 12.2. The minimum absolute atomic E-state index is 0.0570. The van der Waals surface area contributed by atoms with Gasteiger partial charge in [-0.3, -0.25) is 9.59 Å². The molecule has 112 valence electrons. The Morgan fingerprint density at radius 1 is 1.19 bits per heavy atom. The molecular weight excluding hydrogens is 268 g/mol. The van der Waals surface area contributed by atoms with Crippen LogP contribution in [0, 0.1) is 0 Å². The zero-order valence-electron chi connectivity index (χ0n) is 12.0. The van der Waals surface area contributed by atoms with Crippen molar-refractivity contribution in [2.45, 2.75) is 31.9 Å². The van der Waals surface area contributed by atoms with Crippen molar-refractivity contribution in [1.29, 1.82) is 0 Å². The summed E-state index contributed by atoms with van der Waals surface area (Å²) in [5, 5.41) is 2.85. The summed E-state index contributed by atoms with van der Waals surface area (Å²) in [6.07, 6.45) is 2.72. The van der Waals surface area contributed by atoms with Crippen molar-refractivity contribution in [2.75, 3.05) is 19.7 Å². The molecule has 2 aliphatic rings. The molecule has 1 aromatic rings. The zero-order valence-corrected chi connectivity index (χ0v) is 12.0. The maximum absolute atomic E-state index is 12.2. The molecule has 0 saturated carbocycles. The second-order valence-corrected chi connectivity index (χ2v) is 5.56. The second-order valence-electron chi connectivity index (χ2n) is 5.56. The molecule has 2 fully saturated rings. The molecule has 0 spiro atoms. The fraction of sp³-hybridized carbons (Fsp3) is 0.500. The first-order valence-corrected chi connectivity index (χ1v) is 7.51. The van der Waals surface area contributed by atoms with E-state index < -0.39 is 0 Å². The first-order valence-electron chi connectivity index (χ1n) is 7.51. The van der Waals surface area contributed by atoms with E-state index in [9.17, 15) is 9.59 Å². The van der Waals surface area contributed by atoms with Crippen LogP contribution < -0.4 is 5.32 Å². The topological polar surface area (TPSA) is 58.6 Å². The normalized spacial score (nSPS) is 21.0. The van der Waals surface area contributed by atoms with Crippen LogP contribution in [0.5, 0.6) is 0 Å². The lowest BCUT2D eigenvalue weighted by Crippen LogP contribution is -2.42. The third kappa shape index (κ3) is 3.24. The Balaban J connectivity index is 1.53. The molecule has 21 heavy (non-hydrogen) atoms. The molecule has 2 heterocycles. The van der Waals surface area contributed by atoms with Crippen molar-refractivity contribution in [2.24, 2.45) is 0 Å². The van der Waals surface area contributed by atoms with Crippen LogP contribution in [-0.2, 0) is 16.1 Å². The van der Waals surface area contributed by atoms with Crippen LogP contribution in [0.15, 0.2) is 24.3 Å². The summed E-state index contributed by atoms with van der Waals surface area (Å²) in [4.78, 5) is 25.7. The minimum Gasteiger partial charge on any atom is -0.368 e. The fourth-order valence-corrected chi connectivity index (χ4v) is 2.61. The number of nitrogens with zero attached hydrogens (tertiary/aromatic N) is 1. The van der Waals surface area contributed by atoms with Gasteiger partial charge in [-0.2, -0.15) is 0 Å². The largest absolute Gasteiger partial charge is 0.368 e. The standard InChI is InChI=1S/C16H20N2O3/c19-15(14-7-10-21-14)17-11-12-3-5-13(6-4-12)16(20)18-8-1-2-9-18/h3-6,14H,1-2,7-11H2,(H,17,19)/t14-/m1/s1. The van der Waals surface area contributed by atoms with Gasteiger partial charge in [0.15, 0.2) is 0 Å². The van der Waals surface area contributed by atoms with E-state index in [2.05, 4.69) is 5.32 Å². The highest BCUT2D eigenvalue weighted by atomic mass is 16.5. The van der Waals surface area contributed by atoms with E-state index in [-0.39, 0.29) is 17.9 Å². The predicted molar refractivity (Wildman–Crippen MR) is 77.8 cm³/mol. The van der Waals surface area contributed by atoms with Crippen LogP contribution >= 0.6 is 0 Å². The quantitative estimate of drug-likeness (QED) is 0.909. The molecular formula is C16H20N2O3. The molecule has 3 rings (SSSR count). The number of benzene rings is 1. The number of ether oxygens (including phenoxy) is 1. The molecule has 2 amide bonds. The van der Waals surface area contributed by atoms with Gasteiger partial charge in [0.05, 0.1) is 6.61 Å². The van der Waals surface area contributed by atoms with Crippen molar-refractivity contribution in [3.05, 3.63) is 35.4 Å². The molecule has 5 nitrogen and oxygen atoms in total. The molecule has 1 N–H and O–H groups in total. The van der Waals surface area contributed by atoms with Gasteiger partial charge in [-0.1, -0.05) is 12.1 Å². The average Bonchev–Trinajstić information content (AvgIpc) is 2.97. The first kappa shape index (κ1) is 14.1. The van der Waals surface area contributed by atoms with Gasteiger partial charge in [0.1, 0.15) is 6.10 Å². The lowest BCUT2D eigenvalue weighted by molar-refractivity contribution is -0.145. The smallest absolute Gasteiger partial charge is 0.253 e. The summed E-state index contributed by atoms with van der Waals surface area (Å²) >= 11 is 0. The van der Waals surface area contributed by atoms with Gasteiger partial charge in [0.25, 0.3) is 5.91 Å². The lowest BCUT2D eigenvalue weighted by atomic mass is 10.1. The highest BCUT2D eigenvalue weighted by Crippen LogP contribution is 2.14. The average molecular weight is 288 g/mol. The highest BCUT2D eigenvalue weighted by Gasteiger charge is 2.25. The highest BCUT2D eigenvalue weighted by molar-refractivity contribution is 5.94. The molecule has 2 aliphatic heterocycles. The van der Waals surface area contributed by atoms with Crippen LogP contribution in [0.25, 0.3) is 0 Å². The van der Waals surface area contributed by atoms with Gasteiger partial charge in [0, 0.05) is 31.6 Å². The molecule has 0 unspecified atom stereocenters. The number of carbonyl (C=O) groups excluding carboxylic acids is 2. The van der Waals surface area contributed by atoms with Gasteiger partial charge < -0.3 is 15.0 Å². The number of carbonyl (C=O) groups is 2. The third-order valence-corrected chi connectivity index (χ3v) is 4.05. The number of amides is 2. The lowest BCUT2D eigenvalue weighted by Gasteiger charge is -2.25. The van der Waals surface area contributed by atoms with E-state index in [1.807, 2.05) is 29.2 Å². The molecule has 0 radical (unpaired) electrons. The molecule has 0 aromatic heterocycles. The minimum atomic E-state index is -0.277. The Bertz CT molecular complexity index is 517. The van der Waals surface area contributed by atoms with Crippen LogP contribution in [0.3, 0.4) is 0 Å². The molecule has 1 atom stereocenters. The molecule has 5 heteroatoms. The van der Waals surface area contributed by atoms with Crippen LogP contribution in [0.4, 0.5) is 0 Å². The zero-order chi connectivity index (χ0) is 14.7. The van der Waals surface area contributed by atoms with Crippen LogP contribution in [0.2, 0.25) is 0 Å². The van der Waals surface area contributed by atoms with E-state index in [4.69, 9.17) is 4.74 Å². The number of hydrogen-bond donors (Lipinski definition) is 1. The number of likely N-dealkylation sites (tertiary alicyclic amines) is 1. The monoisotopic (exact) mass is 288 g/mol. The van der Waals surface area contributed by atoms with Crippen molar-refractivity contribution in [1.82, 2.24) is 10.2 Å². The van der Waals surface area contributed by atoms with Gasteiger partial charge in [-0.05, 0) is 30.5 Å². The van der Waals surface area contributed by atoms with E-state index in [0.29, 0.717) is 18.7 Å². The Morgan fingerprint density at radius 3 is 2.43 bits per heavy atom. The molecule has 0 aliphatic carbocycles. The van der Waals surface area contributed by atoms with Gasteiger partial charge in [-0.15, -0.1) is 0 Å². The fourth-order valence-electron chi connectivity index (χ4n) is 2.61. The number of nitrogens with one attached hydrogen (secondary N) is 1. The van der Waals surface area contributed by atoms with E-state index in [0.717, 1.165) is 37.9 Å². The van der Waals surface area contributed by atoms with Gasteiger partial charge in [-0.25, -0.2) is 0 Å². The van der Waals surface area contributed by atoms with Gasteiger partial charge >= 0.3 is 0 Å². The van der Waals surface area contributed by atoms with Crippen LogP contribution in [0.1, 0.15) is 35.2 Å². The molecule has 0 bridgehead atoms. The summed E-state index contributed by atoms with van der Waals surface area (Å²) < 4.78 is 5.13. The third-order valence-electron chi connectivity index (χ3n) is 4.05. The summed E-state index contributed by atoms with van der Waals surface area (Å²) in [6.45, 7) is 2.86. The maximum Gasteiger partial charge on any atom is 0.253 e. The van der Waals surface area contributed by atoms with Crippen molar-refractivity contribution in [3.63, 3.8) is 0 Å². The Morgan fingerprint density at radius 2 is 1.86 bits per heavy atom. The van der Waals surface area contributed by atoms with Crippen molar-refractivity contribution >= 4 is 11.8 Å². The first-order chi connectivity index (χ1) is 10.2. The van der Waals surface area contributed by atoms with E-state index in [1.54, 1.807) is 0 Å². The second kappa shape index (κ2) is 6.26. The SMILES string of the molecule is O=C(NCc1ccc(C(=O)N2CCCC2)cc1)[C@H]1CCO1. The predicted octanol–water partition coefficient (Wildman–Crippen LogP) is 1.33. The Hall–Kier alpha value is -1.88. The summed E-state index contributed by atoms with van der Waals surface area (Å²) in [5.41, 5.74) is 1.70. The van der Waals surface area contributed by atoms with Gasteiger partial charge in [0.2, 0.25) is 5.91 Å². The molecule has 1 aromatic carbocycles. The number of rotatable bonds is 4. The van der Waals surface area contributed by atoms with E-state index in [1.165, 1.54) is 0 Å².